The second-order valence-electron chi connectivity index (χ2n) is 5.17. The zero-order valence-electron chi connectivity index (χ0n) is 13.5. The van der Waals surface area contributed by atoms with Crippen LogP contribution in [0.4, 0.5) is 23.7 Å². The molecule has 1 rings (SSSR count). The number of hydrogen-bond donors (Lipinski definition) is 2. The zero-order valence-corrected chi connectivity index (χ0v) is 14.3. The van der Waals surface area contributed by atoms with Crippen LogP contribution in [0.15, 0.2) is 18.2 Å². The van der Waals surface area contributed by atoms with E-state index in [-0.39, 0.29) is 13.1 Å². The summed E-state index contributed by atoms with van der Waals surface area (Å²) in [7, 11) is 1.38. The number of rotatable bonds is 8. The Kier molecular flexibility index (Phi) is 8.14. The van der Waals surface area contributed by atoms with Gasteiger partial charge in [0.1, 0.15) is 5.75 Å². The molecule has 0 heterocycles. The quantitative estimate of drug-likeness (QED) is 0.688. The summed E-state index contributed by atoms with van der Waals surface area (Å²) in [5, 5.41) is 5.55. The summed E-state index contributed by atoms with van der Waals surface area (Å²) in [5.41, 5.74) is 0.496. The van der Waals surface area contributed by atoms with Crippen molar-refractivity contribution in [2.75, 3.05) is 38.6 Å². The number of anilines is 1. The van der Waals surface area contributed by atoms with Crippen molar-refractivity contribution >= 4 is 23.3 Å². The Balaban J connectivity index is 2.30. The molecule has 0 bridgehead atoms. The number of ether oxygens (including phenoxy) is 1. The third-order valence-corrected chi connectivity index (χ3v) is 3.24. The van der Waals surface area contributed by atoms with Crippen LogP contribution < -0.4 is 15.4 Å². The number of halogens is 4. The summed E-state index contributed by atoms with van der Waals surface area (Å²) >= 11 is 6.01. The lowest BCUT2D eigenvalue weighted by Crippen LogP contribution is -2.34. The minimum atomic E-state index is -4.22. The van der Waals surface area contributed by atoms with E-state index in [4.69, 9.17) is 16.3 Å². The molecule has 0 aliphatic carbocycles. The van der Waals surface area contributed by atoms with Gasteiger partial charge in [0.2, 0.25) is 0 Å². The number of urea groups is 1. The van der Waals surface area contributed by atoms with Gasteiger partial charge in [-0.05, 0) is 45.1 Å². The van der Waals surface area contributed by atoms with E-state index in [1.54, 1.807) is 18.2 Å². The number of alkyl halides is 3. The third-order valence-electron chi connectivity index (χ3n) is 2.94. The average molecular weight is 368 g/mol. The van der Waals surface area contributed by atoms with Crippen LogP contribution >= 0.6 is 11.6 Å². The highest BCUT2D eigenvalue weighted by atomic mass is 35.5. The molecule has 0 saturated heterocycles. The van der Waals surface area contributed by atoms with Crippen molar-refractivity contribution in [2.45, 2.75) is 19.5 Å². The first kappa shape index (κ1) is 20.4. The van der Waals surface area contributed by atoms with Crippen LogP contribution in [0.25, 0.3) is 0 Å². The lowest BCUT2D eigenvalue weighted by molar-refractivity contribution is -0.143. The van der Waals surface area contributed by atoms with Crippen molar-refractivity contribution < 1.29 is 22.7 Å². The number of hydrogen-bond acceptors (Lipinski definition) is 3. The van der Waals surface area contributed by atoms with Gasteiger partial charge in [-0.3, -0.25) is 4.90 Å². The van der Waals surface area contributed by atoms with E-state index < -0.39 is 18.8 Å². The van der Waals surface area contributed by atoms with Crippen LogP contribution in [0.1, 0.15) is 13.3 Å². The van der Waals surface area contributed by atoms with Crippen molar-refractivity contribution in [3.05, 3.63) is 23.2 Å². The molecular weight excluding hydrogens is 347 g/mol. The van der Waals surface area contributed by atoms with Crippen molar-refractivity contribution in [1.29, 1.82) is 0 Å². The molecule has 0 saturated carbocycles. The summed E-state index contributed by atoms with van der Waals surface area (Å²) in [6, 6.07) is 4.40. The van der Waals surface area contributed by atoms with E-state index in [9.17, 15) is 18.0 Å². The van der Waals surface area contributed by atoms with E-state index >= 15 is 0 Å². The fraction of sp³-hybridized carbons (Fsp3) is 0.533. The maximum atomic E-state index is 12.2. The van der Waals surface area contributed by atoms with Gasteiger partial charge in [0.05, 0.1) is 18.2 Å². The van der Waals surface area contributed by atoms with Crippen molar-refractivity contribution in [3.63, 3.8) is 0 Å². The highest BCUT2D eigenvalue weighted by Crippen LogP contribution is 2.27. The maximum Gasteiger partial charge on any atom is 0.401 e. The summed E-state index contributed by atoms with van der Waals surface area (Å²) in [5.74, 6) is 0.526. The van der Waals surface area contributed by atoms with Gasteiger partial charge in [0, 0.05) is 12.2 Å². The van der Waals surface area contributed by atoms with Gasteiger partial charge in [-0.15, -0.1) is 0 Å². The highest BCUT2D eigenvalue weighted by Gasteiger charge is 2.28. The molecule has 0 aliphatic rings. The van der Waals surface area contributed by atoms with Crippen LogP contribution in [0, 0.1) is 0 Å². The molecule has 0 radical (unpaired) electrons. The lowest BCUT2D eigenvalue weighted by Gasteiger charge is -2.18. The Labute approximate surface area is 144 Å². The molecule has 1 aromatic carbocycles. The molecule has 0 unspecified atom stereocenters. The number of carbonyl (C=O) groups excluding carboxylic acids is 1. The van der Waals surface area contributed by atoms with Gasteiger partial charge in [0.15, 0.2) is 0 Å². The normalized spacial score (nSPS) is 11.5. The zero-order chi connectivity index (χ0) is 18.2. The van der Waals surface area contributed by atoms with Crippen LogP contribution in [-0.4, -0.2) is 50.4 Å². The van der Waals surface area contributed by atoms with Crippen LogP contribution in [-0.2, 0) is 0 Å². The monoisotopic (exact) mass is 367 g/mol. The Morgan fingerprint density at radius 1 is 1.38 bits per heavy atom. The molecule has 0 aromatic heterocycles. The van der Waals surface area contributed by atoms with Gasteiger partial charge in [-0.25, -0.2) is 4.79 Å². The molecule has 0 fully saturated rings. The molecule has 0 spiro atoms. The summed E-state index contributed by atoms with van der Waals surface area (Å²) in [4.78, 5) is 12.9. The van der Waals surface area contributed by atoms with Crippen LogP contribution in [0.5, 0.6) is 5.75 Å². The summed E-state index contributed by atoms with van der Waals surface area (Å²) in [6.45, 7) is 1.84. The van der Waals surface area contributed by atoms with Crippen LogP contribution in [0.2, 0.25) is 5.02 Å². The number of nitrogens with one attached hydrogen (secondary N) is 2. The first-order valence-corrected chi connectivity index (χ1v) is 7.81. The Bertz CT molecular complexity index is 541. The minimum Gasteiger partial charge on any atom is -0.492 e. The molecule has 0 atom stereocenters. The first-order valence-electron chi connectivity index (χ1n) is 7.43. The fourth-order valence-electron chi connectivity index (χ4n) is 1.96. The van der Waals surface area contributed by atoms with Gasteiger partial charge in [-0.1, -0.05) is 11.6 Å². The van der Waals surface area contributed by atoms with Crippen molar-refractivity contribution in [1.82, 2.24) is 10.2 Å². The first-order chi connectivity index (χ1) is 11.2. The highest BCUT2D eigenvalue weighted by molar-refractivity contribution is 6.32. The predicted molar refractivity (Wildman–Crippen MR) is 87.8 cm³/mol. The Hall–Kier alpha value is -1.67. The molecule has 5 nitrogen and oxygen atoms in total. The summed E-state index contributed by atoms with van der Waals surface area (Å²) < 4.78 is 41.8. The number of benzene rings is 1. The predicted octanol–water partition coefficient (Wildman–Crippen LogP) is 3.74. The van der Waals surface area contributed by atoms with Gasteiger partial charge < -0.3 is 15.4 Å². The smallest absolute Gasteiger partial charge is 0.401 e. The molecule has 9 heteroatoms. The van der Waals surface area contributed by atoms with E-state index in [0.717, 1.165) is 4.90 Å². The number of carbonyl (C=O) groups is 1. The van der Waals surface area contributed by atoms with E-state index in [0.29, 0.717) is 29.5 Å². The largest absolute Gasteiger partial charge is 0.492 e. The average Bonchev–Trinajstić information content (AvgIpc) is 2.45. The van der Waals surface area contributed by atoms with Crippen molar-refractivity contribution in [3.8, 4) is 5.75 Å². The Morgan fingerprint density at radius 2 is 2.08 bits per heavy atom. The van der Waals surface area contributed by atoms with Crippen molar-refractivity contribution in [2.24, 2.45) is 0 Å². The van der Waals surface area contributed by atoms with Gasteiger partial charge in [0.25, 0.3) is 0 Å². The topological polar surface area (TPSA) is 53.6 Å². The third kappa shape index (κ3) is 8.26. The second-order valence-corrected chi connectivity index (χ2v) is 5.57. The lowest BCUT2D eigenvalue weighted by atomic mass is 10.3. The molecule has 2 N–H and O–H groups in total. The van der Waals surface area contributed by atoms with Gasteiger partial charge in [-0.2, -0.15) is 13.2 Å². The number of nitrogens with zero attached hydrogens (tertiary/aromatic N) is 1. The molecule has 136 valence electrons. The molecule has 1 aromatic rings. The van der Waals surface area contributed by atoms with E-state index in [1.165, 1.54) is 7.05 Å². The maximum absolute atomic E-state index is 12.2. The van der Waals surface area contributed by atoms with E-state index in [1.807, 2.05) is 6.92 Å². The standard InChI is InChI=1S/C15H21ClF3N3O2/c1-3-24-13-6-5-11(9-12(13)16)21-14(23)20-7-4-8-22(2)10-15(17,18)19/h5-6,9H,3-4,7-8,10H2,1-2H3,(H2,20,21,23). The molecular formula is C15H21ClF3N3O2. The molecule has 2 amide bonds. The van der Waals surface area contributed by atoms with Crippen LogP contribution in [0.3, 0.4) is 0 Å². The Morgan fingerprint density at radius 3 is 2.67 bits per heavy atom. The molecule has 24 heavy (non-hydrogen) atoms. The minimum absolute atomic E-state index is 0.231. The fourth-order valence-corrected chi connectivity index (χ4v) is 2.20. The van der Waals surface area contributed by atoms with E-state index in [2.05, 4.69) is 10.6 Å². The SMILES string of the molecule is CCOc1ccc(NC(=O)NCCCN(C)CC(F)(F)F)cc1Cl. The molecule has 0 aliphatic heterocycles. The summed E-state index contributed by atoms with van der Waals surface area (Å²) in [6.07, 6.45) is -3.81. The number of amides is 2. The second kappa shape index (κ2) is 9.58. The van der Waals surface area contributed by atoms with Gasteiger partial charge >= 0.3 is 12.2 Å².